The molecule has 7 aromatic rings. The third-order valence-corrected chi connectivity index (χ3v) is 7.81. The minimum absolute atomic E-state index is 1.00. The van der Waals surface area contributed by atoms with Crippen LogP contribution in [-0.4, -0.2) is 0 Å². The first kappa shape index (κ1) is 23.9. The summed E-state index contributed by atoms with van der Waals surface area (Å²) in [6, 6.07) is 52.1. The molecule has 0 heteroatoms. The van der Waals surface area contributed by atoms with Gasteiger partial charge in [-0.15, -0.1) is 0 Å². The summed E-state index contributed by atoms with van der Waals surface area (Å²) >= 11 is 0. The summed E-state index contributed by atoms with van der Waals surface area (Å²) in [6.45, 7) is 4.45. The molecule has 188 valence electrons. The van der Waals surface area contributed by atoms with Crippen molar-refractivity contribution in [3.8, 4) is 22.3 Å². The maximum Gasteiger partial charge on any atom is -0.00201 e. The van der Waals surface area contributed by atoms with Crippen molar-refractivity contribution in [2.24, 2.45) is 0 Å². The van der Waals surface area contributed by atoms with E-state index in [1.54, 1.807) is 0 Å². The van der Waals surface area contributed by atoms with Gasteiger partial charge in [-0.05, 0) is 71.3 Å². The maximum absolute atomic E-state index is 4.45. The molecule has 7 rings (SSSR count). The first-order valence-corrected chi connectivity index (χ1v) is 13.7. The molecule has 0 nitrogen and oxygen atoms in total. The van der Waals surface area contributed by atoms with Crippen molar-refractivity contribution in [1.29, 1.82) is 0 Å². The molecule has 0 aliphatic heterocycles. The summed E-state index contributed by atoms with van der Waals surface area (Å²) in [7, 11) is 0. The SMILES string of the molecule is C=C(C=Cc1ccccc1)c1ccc(-c2c3ccccc3c(-c3ccccc3)c3ccccc23)c2ccccc12. The van der Waals surface area contributed by atoms with Crippen molar-refractivity contribution >= 4 is 44.0 Å². The molecule has 0 radical (unpaired) electrons. The highest BCUT2D eigenvalue weighted by Gasteiger charge is 2.18. The fraction of sp³-hybridized carbons (Fsp3) is 0. The predicted octanol–water partition coefficient (Wildman–Crippen LogP) is 11.2. The third-order valence-electron chi connectivity index (χ3n) is 7.81. The highest BCUT2D eigenvalue weighted by atomic mass is 14.2. The molecule has 0 saturated heterocycles. The van der Waals surface area contributed by atoms with E-state index in [1.807, 2.05) is 6.07 Å². The number of fused-ring (bicyclic) bond motifs is 3. The van der Waals surface area contributed by atoms with E-state index in [9.17, 15) is 0 Å². The summed E-state index contributed by atoms with van der Waals surface area (Å²) in [5, 5.41) is 7.51. The molecule has 0 aromatic heterocycles. The van der Waals surface area contributed by atoms with Crippen LogP contribution in [0.1, 0.15) is 11.1 Å². The molecule has 7 aromatic carbocycles. The van der Waals surface area contributed by atoms with Crippen LogP contribution in [0.4, 0.5) is 0 Å². The molecule has 0 atom stereocenters. The second-order valence-corrected chi connectivity index (χ2v) is 10.2. The molecule has 0 unspecified atom stereocenters. The van der Waals surface area contributed by atoms with E-state index >= 15 is 0 Å². The molecule has 0 aliphatic carbocycles. The average molecular weight is 509 g/mol. The smallest absolute Gasteiger partial charge is 0.00201 e. The van der Waals surface area contributed by atoms with Crippen LogP contribution in [0.25, 0.3) is 66.2 Å². The lowest BCUT2D eigenvalue weighted by Gasteiger charge is -2.19. The molecule has 40 heavy (non-hydrogen) atoms. The standard InChI is InChI=1S/C40H28/c1-28(24-25-29-14-4-2-5-15-29)31-26-27-38(33-19-9-8-18-32(31)33)40-36-22-12-10-20-34(36)39(30-16-6-3-7-17-30)35-21-11-13-23-37(35)40/h2-27H,1H2. The van der Waals surface area contributed by atoms with Gasteiger partial charge in [0.05, 0.1) is 0 Å². The Bertz CT molecular complexity index is 1990. The second kappa shape index (κ2) is 10.2. The maximum atomic E-state index is 4.45. The number of allylic oxidation sites excluding steroid dienone is 2. The van der Waals surface area contributed by atoms with Crippen LogP contribution < -0.4 is 0 Å². The lowest BCUT2D eigenvalue weighted by atomic mass is 9.84. The van der Waals surface area contributed by atoms with E-state index in [0.29, 0.717) is 0 Å². The van der Waals surface area contributed by atoms with Crippen molar-refractivity contribution in [2.75, 3.05) is 0 Å². The van der Waals surface area contributed by atoms with Gasteiger partial charge >= 0.3 is 0 Å². The number of hydrogen-bond donors (Lipinski definition) is 0. The summed E-state index contributed by atoms with van der Waals surface area (Å²) in [6.07, 6.45) is 4.25. The molecule has 0 bridgehead atoms. The highest BCUT2D eigenvalue weighted by Crippen LogP contribution is 2.45. The Balaban J connectivity index is 1.49. The minimum atomic E-state index is 1.00. The Kier molecular flexibility index (Phi) is 6.07. The van der Waals surface area contributed by atoms with E-state index < -0.39 is 0 Å². The van der Waals surface area contributed by atoms with Crippen LogP contribution in [0.15, 0.2) is 158 Å². The zero-order valence-corrected chi connectivity index (χ0v) is 22.2. The van der Waals surface area contributed by atoms with Crippen LogP contribution >= 0.6 is 0 Å². The van der Waals surface area contributed by atoms with Crippen molar-refractivity contribution in [3.63, 3.8) is 0 Å². The number of hydrogen-bond acceptors (Lipinski definition) is 0. The zero-order valence-electron chi connectivity index (χ0n) is 22.2. The molecular formula is C40H28. The van der Waals surface area contributed by atoms with Crippen molar-refractivity contribution < 1.29 is 0 Å². The number of rotatable bonds is 5. The van der Waals surface area contributed by atoms with Gasteiger partial charge in [0, 0.05) is 0 Å². The summed E-state index contributed by atoms with van der Waals surface area (Å²) in [5.41, 5.74) is 8.37. The van der Waals surface area contributed by atoms with Crippen molar-refractivity contribution in [2.45, 2.75) is 0 Å². The lowest BCUT2D eigenvalue weighted by Crippen LogP contribution is -1.93. The lowest BCUT2D eigenvalue weighted by molar-refractivity contribution is 1.64. The molecule has 0 aliphatic rings. The molecule has 0 N–H and O–H groups in total. The van der Waals surface area contributed by atoms with Gasteiger partial charge in [0.25, 0.3) is 0 Å². The highest BCUT2D eigenvalue weighted by molar-refractivity contribution is 6.23. The quantitative estimate of drug-likeness (QED) is 0.160. The first-order chi connectivity index (χ1) is 19.8. The van der Waals surface area contributed by atoms with Gasteiger partial charge in [-0.1, -0.05) is 164 Å². The van der Waals surface area contributed by atoms with Crippen LogP contribution in [0.2, 0.25) is 0 Å². The molecule has 0 amide bonds. The van der Waals surface area contributed by atoms with Gasteiger partial charge < -0.3 is 0 Å². The zero-order chi connectivity index (χ0) is 26.9. The Hall–Kier alpha value is -5.20. The van der Waals surface area contributed by atoms with Crippen molar-refractivity contribution in [1.82, 2.24) is 0 Å². The minimum Gasteiger partial charge on any atom is -0.0911 e. The summed E-state index contributed by atoms with van der Waals surface area (Å²) < 4.78 is 0. The second-order valence-electron chi connectivity index (χ2n) is 10.2. The van der Waals surface area contributed by atoms with E-state index in [0.717, 1.165) is 11.1 Å². The van der Waals surface area contributed by atoms with Crippen molar-refractivity contribution in [3.05, 3.63) is 169 Å². The molecule has 0 saturated carbocycles. The van der Waals surface area contributed by atoms with Crippen LogP contribution in [-0.2, 0) is 0 Å². The Morgan fingerprint density at radius 2 is 0.900 bits per heavy atom. The Morgan fingerprint density at radius 3 is 1.50 bits per heavy atom. The third kappa shape index (κ3) is 4.11. The van der Waals surface area contributed by atoms with E-state index in [1.165, 1.54) is 60.1 Å². The number of benzene rings is 7. The van der Waals surface area contributed by atoms with Gasteiger partial charge in [-0.3, -0.25) is 0 Å². The van der Waals surface area contributed by atoms with Crippen LogP contribution in [0.5, 0.6) is 0 Å². The van der Waals surface area contributed by atoms with Gasteiger partial charge in [0.2, 0.25) is 0 Å². The van der Waals surface area contributed by atoms with Crippen LogP contribution in [0.3, 0.4) is 0 Å². The summed E-state index contributed by atoms with van der Waals surface area (Å²) in [4.78, 5) is 0. The monoisotopic (exact) mass is 508 g/mol. The predicted molar refractivity (Wildman–Crippen MR) is 174 cm³/mol. The molecule has 0 spiro atoms. The van der Waals surface area contributed by atoms with Gasteiger partial charge in [-0.2, -0.15) is 0 Å². The molecule has 0 heterocycles. The average Bonchev–Trinajstić information content (AvgIpc) is 3.03. The topological polar surface area (TPSA) is 0 Å². The van der Waals surface area contributed by atoms with Gasteiger partial charge in [-0.25, -0.2) is 0 Å². The molecular weight excluding hydrogens is 480 g/mol. The Labute approximate surface area is 235 Å². The van der Waals surface area contributed by atoms with Gasteiger partial charge in [0.1, 0.15) is 0 Å². The van der Waals surface area contributed by atoms with Crippen LogP contribution in [0, 0.1) is 0 Å². The van der Waals surface area contributed by atoms with Gasteiger partial charge in [0.15, 0.2) is 0 Å². The fourth-order valence-electron chi connectivity index (χ4n) is 5.98. The van der Waals surface area contributed by atoms with E-state index in [4.69, 9.17) is 0 Å². The fourth-order valence-corrected chi connectivity index (χ4v) is 5.98. The van der Waals surface area contributed by atoms with E-state index in [2.05, 4.69) is 158 Å². The summed E-state index contributed by atoms with van der Waals surface area (Å²) in [5.74, 6) is 0. The first-order valence-electron chi connectivity index (χ1n) is 13.7. The largest absolute Gasteiger partial charge is 0.0911 e. The Morgan fingerprint density at radius 1 is 0.425 bits per heavy atom. The van der Waals surface area contributed by atoms with E-state index in [-0.39, 0.29) is 0 Å². The molecule has 0 fully saturated rings. The normalized spacial score (nSPS) is 11.5.